The third kappa shape index (κ3) is 2.82. The SMILES string of the molecule is Cc1ccc(C(C)(C)C)c2oc(C(=O)O)c(CC(C)C)c12. The first-order valence-electron chi connectivity index (χ1n) is 7.41. The van der Waals surface area contributed by atoms with Crippen molar-refractivity contribution < 1.29 is 14.3 Å². The molecule has 0 saturated heterocycles. The van der Waals surface area contributed by atoms with Gasteiger partial charge in [0.15, 0.2) is 0 Å². The average Bonchev–Trinajstić information content (AvgIpc) is 2.67. The second kappa shape index (κ2) is 5.21. The van der Waals surface area contributed by atoms with Crippen LogP contribution in [-0.4, -0.2) is 11.1 Å². The highest BCUT2D eigenvalue weighted by atomic mass is 16.4. The zero-order valence-corrected chi connectivity index (χ0v) is 13.7. The molecule has 1 aromatic carbocycles. The first-order valence-corrected chi connectivity index (χ1v) is 7.41. The van der Waals surface area contributed by atoms with Crippen LogP contribution in [0.1, 0.15) is 61.9 Å². The van der Waals surface area contributed by atoms with Crippen LogP contribution in [-0.2, 0) is 11.8 Å². The molecule has 0 unspecified atom stereocenters. The van der Waals surface area contributed by atoms with Gasteiger partial charge in [0.2, 0.25) is 5.76 Å². The second-order valence-electron chi connectivity index (χ2n) is 7.20. The van der Waals surface area contributed by atoms with Crippen LogP contribution in [0, 0.1) is 12.8 Å². The number of hydrogen-bond donors (Lipinski definition) is 1. The molecule has 3 heteroatoms. The molecule has 21 heavy (non-hydrogen) atoms. The zero-order chi connectivity index (χ0) is 15.9. The fraction of sp³-hybridized carbons (Fsp3) is 0.500. The Morgan fingerprint density at radius 2 is 1.90 bits per heavy atom. The number of hydrogen-bond acceptors (Lipinski definition) is 2. The van der Waals surface area contributed by atoms with Crippen LogP contribution >= 0.6 is 0 Å². The van der Waals surface area contributed by atoms with E-state index in [9.17, 15) is 9.90 Å². The van der Waals surface area contributed by atoms with Gasteiger partial charge < -0.3 is 9.52 Å². The van der Waals surface area contributed by atoms with Gasteiger partial charge in [-0.2, -0.15) is 0 Å². The summed E-state index contributed by atoms with van der Waals surface area (Å²) in [6.07, 6.45) is 0.711. The summed E-state index contributed by atoms with van der Waals surface area (Å²) >= 11 is 0. The van der Waals surface area contributed by atoms with Gasteiger partial charge in [0.05, 0.1) is 0 Å². The van der Waals surface area contributed by atoms with Gasteiger partial charge in [-0.3, -0.25) is 0 Å². The normalized spacial score (nSPS) is 12.3. The lowest BCUT2D eigenvalue weighted by Gasteiger charge is -2.19. The van der Waals surface area contributed by atoms with Gasteiger partial charge in [0, 0.05) is 16.5 Å². The number of rotatable bonds is 3. The molecule has 0 aliphatic heterocycles. The van der Waals surface area contributed by atoms with Crippen molar-refractivity contribution in [2.45, 2.75) is 53.4 Å². The maximum absolute atomic E-state index is 11.6. The number of carbonyl (C=O) groups is 1. The van der Waals surface area contributed by atoms with Crippen molar-refractivity contribution in [3.05, 3.63) is 34.6 Å². The fourth-order valence-corrected chi connectivity index (χ4v) is 2.81. The highest BCUT2D eigenvalue weighted by Crippen LogP contribution is 2.37. The maximum atomic E-state index is 11.6. The summed E-state index contributed by atoms with van der Waals surface area (Å²) in [6, 6.07) is 4.11. The number of carboxylic acid groups (broad SMARTS) is 1. The highest BCUT2D eigenvalue weighted by molar-refractivity contribution is 5.97. The molecule has 1 N–H and O–H groups in total. The summed E-state index contributed by atoms with van der Waals surface area (Å²) in [5, 5.41) is 10.5. The smallest absolute Gasteiger partial charge is 0.372 e. The molecule has 0 spiro atoms. The van der Waals surface area contributed by atoms with Crippen LogP contribution in [0.4, 0.5) is 0 Å². The largest absolute Gasteiger partial charge is 0.475 e. The molecule has 2 aromatic rings. The zero-order valence-electron chi connectivity index (χ0n) is 13.7. The summed E-state index contributed by atoms with van der Waals surface area (Å²) < 4.78 is 5.80. The van der Waals surface area contributed by atoms with Crippen molar-refractivity contribution in [2.24, 2.45) is 5.92 Å². The number of benzene rings is 1. The molecule has 0 bridgehead atoms. The lowest BCUT2D eigenvalue weighted by atomic mass is 9.84. The molecule has 0 aliphatic carbocycles. The van der Waals surface area contributed by atoms with Gasteiger partial charge in [0.1, 0.15) is 5.58 Å². The quantitative estimate of drug-likeness (QED) is 0.870. The number of aryl methyl sites for hydroxylation is 1. The van der Waals surface area contributed by atoms with E-state index in [1.165, 1.54) is 0 Å². The van der Waals surface area contributed by atoms with Crippen molar-refractivity contribution in [1.29, 1.82) is 0 Å². The molecule has 0 amide bonds. The Bertz CT molecular complexity index is 685. The maximum Gasteiger partial charge on any atom is 0.372 e. The third-order valence-electron chi connectivity index (χ3n) is 3.76. The van der Waals surface area contributed by atoms with Crippen molar-refractivity contribution in [3.8, 4) is 0 Å². The molecule has 1 heterocycles. The monoisotopic (exact) mass is 288 g/mol. The van der Waals surface area contributed by atoms with E-state index in [1.807, 2.05) is 13.0 Å². The van der Waals surface area contributed by atoms with Crippen molar-refractivity contribution in [3.63, 3.8) is 0 Å². The van der Waals surface area contributed by atoms with Crippen LogP contribution in [0.3, 0.4) is 0 Å². The Hall–Kier alpha value is -1.77. The summed E-state index contributed by atoms with van der Waals surface area (Å²) in [7, 11) is 0. The number of aromatic carboxylic acids is 1. The molecule has 0 atom stereocenters. The average molecular weight is 288 g/mol. The Labute approximate surface area is 126 Å². The predicted octanol–water partition coefficient (Wildman–Crippen LogP) is 4.94. The minimum Gasteiger partial charge on any atom is -0.475 e. The van der Waals surface area contributed by atoms with Crippen LogP contribution < -0.4 is 0 Å². The Morgan fingerprint density at radius 1 is 1.29 bits per heavy atom. The van der Waals surface area contributed by atoms with Crippen LogP contribution in [0.2, 0.25) is 0 Å². The Balaban J connectivity index is 2.87. The van der Waals surface area contributed by atoms with E-state index in [0.29, 0.717) is 12.3 Å². The molecule has 0 fully saturated rings. The summed E-state index contributed by atoms with van der Waals surface area (Å²) in [4.78, 5) is 11.6. The molecule has 2 rings (SSSR count). The molecular weight excluding hydrogens is 264 g/mol. The Morgan fingerprint density at radius 3 is 2.38 bits per heavy atom. The van der Waals surface area contributed by atoms with E-state index in [2.05, 4.69) is 40.7 Å². The fourth-order valence-electron chi connectivity index (χ4n) is 2.81. The second-order valence-corrected chi connectivity index (χ2v) is 7.20. The van der Waals surface area contributed by atoms with E-state index in [4.69, 9.17) is 4.42 Å². The summed E-state index contributed by atoms with van der Waals surface area (Å²) in [6.45, 7) is 12.5. The minimum absolute atomic E-state index is 0.0886. The molecule has 0 saturated carbocycles. The van der Waals surface area contributed by atoms with E-state index in [0.717, 1.165) is 27.7 Å². The number of furan rings is 1. The summed E-state index contributed by atoms with van der Waals surface area (Å²) in [5.74, 6) is -0.513. The van der Waals surface area contributed by atoms with Crippen LogP contribution in [0.25, 0.3) is 11.0 Å². The van der Waals surface area contributed by atoms with Crippen LogP contribution in [0.15, 0.2) is 16.5 Å². The van der Waals surface area contributed by atoms with Gasteiger partial charge in [-0.15, -0.1) is 0 Å². The molecule has 1 aromatic heterocycles. The predicted molar refractivity (Wildman–Crippen MR) is 85.2 cm³/mol. The highest BCUT2D eigenvalue weighted by Gasteiger charge is 2.27. The van der Waals surface area contributed by atoms with Gasteiger partial charge >= 0.3 is 5.97 Å². The van der Waals surface area contributed by atoms with Crippen molar-refractivity contribution in [2.75, 3.05) is 0 Å². The topological polar surface area (TPSA) is 50.4 Å². The standard InChI is InChI=1S/C18H24O3/c1-10(2)9-12-14-11(3)7-8-13(18(4,5)6)16(14)21-15(12)17(19)20/h7-8,10H,9H2,1-6H3,(H,19,20). The van der Waals surface area contributed by atoms with Crippen molar-refractivity contribution in [1.82, 2.24) is 0 Å². The van der Waals surface area contributed by atoms with E-state index >= 15 is 0 Å². The van der Waals surface area contributed by atoms with Gasteiger partial charge in [-0.1, -0.05) is 46.8 Å². The summed E-state index contributed by atoms with van der Waals surface area (Å²) in [5.41, 5.74) is 3.60. The molecule has 114 valence electrons. The molecule has 3 nitrogen and oxygen atoms in total. The minimum atomic E-state index is -0.985. The molecule has 0 radical (unpaired) electrons. The third-order valence-corrected chi connectivity index (χ3v) is 3.76. The van der Waals surface area contributed by atoms with E-state index < -0.39 is 5.97 Å². The van der Waals surface area contributed by atoms with Gasteiger partial charge in [0.25, 0.3) is 0 Å². The molecule has 0 aliphatic rings. The van der Waals surface area contributed by atoms with Crippen LogP contribution in [0.5, 0.6) is 0 Å². The first kappa shape index (κ1) is 15.6. The van der Waals surface area contributed by atoms with E-state index in [-0.39, 0.29) is 11.2 Å². The number of fused-ring (bicyclic) bond motifs is 1. The Kier molecular flexibility index (Phi) is 3.87. The van der Waals surface area contributed by atoms with Crippen molar-refractivity contribution >= 4 is 16.9 Å². The lowest BCUT2D eigenvalue weighted by molar-refractivity contribution is 0.0663. The van der Waals surface area contributed by atoms with Gasteiger partial charge in [-0.25, -0.2) is 4.79 Å². The first-order chi connectivity index (χ1) is 9.62. The van der Waals surface area contributed by atoms with E-state index in [1.54, 1.807) is 0 Å². The van der Waals surface area contributed by atoms with Gasteiger partial charge in [-0.05, 0) is 30.2 Å². The lowest BCUT2D eigenvalue weighted by Crippen LogP contribution is -2.11. The molecular formula is C18H24O3. The number of carboxylic acids is 1.